The topological polar surface area (TPSA) is 15.3 Å². The molecule has 0 aromatic heterocycles. The molecule has 1 N–H and O–H groups in total. The van der Waals surface area contributed by atoms with Crippen molar-refractivity contribution < 1.29 is 0 Å². The van der Waals surface area contributed by atoms with Crippen LogP contribution in [0.1, 0.15) is 59.8 Å². The van der Waals surface area contributed by atoms with Crippen LogP contribution in [-0.2, 0) is 0 Å². The van der Waals surface area contributed by atoms with Crippen LogP contribution in [0.3, 0.4) is 0 Å². The van der Waals surface area contributed by atoms with E-state index in [1.165, 1.54) is 38.6 Å². The van der Waals surface area contributed by atoms with E-state index in [1.807, 2.05) is 0 Å². The summed E-state index contributed by atoms with van der Waals surface area (Å²) >= 11 is 0. The van der Waals surface area contributed by atoms with Gasteiger partial charge in [-0.15, -0.1) is 0 Å². The lowest BCUT2D eigenvalue weighted by Gasteiger charge is -2.50. The van der Waals surface area contributed by atoms with Gasteiger partial charge in [0.25, 0.3) is 0 Å². The maximum atomic E-state index is 3.62. The SMILES string of the molecule is CNC1C(N2CCCC2(C)C)CCCC1(C)C. The number of nitrogens with one attached hydrogen (secondary N) is 1. The maximum absolute atomic E-state index is 3.62. The first-order chi connectivity index (χ1) is 7.88. The standard InChI is InChI=1S/C15H30N2/c1-14(2)9-6-8-12(13(14)16-5)17-11-7-10-15(17,3)4/h12-13,16H,6-11H2,1-5H3. The van der Waals surface area contributed by atoms with Gasteiger partial charge in [0.2, 0.25) is 0 Å². The molecule has 2 unspecified atom stereocenters. The Kier molecular flexibility index (Phi) is 3.57. The summed E-state index contributed by atoms with van der Waals surface area (Å²) < 4.78 is 0. The van der Waals surface area contributed by atoms with E-state index in [0.29, 0.717) is 17.0 Å². The molecule has 1 saturated heterocycles. The average Bonchev–Trinajstić information content (AvgIpc) is 2.56. The van der Waals surface area contributed by atoms with Gasteiger partial charge in [-0.2, -0.15) is 0 Å². The van der Waals surface area contributed by atoms with Crippen molar-refractivity contribution in [2.24, 2.45) is 5.41 Å². The molecule has 2 atom stereocenters. The normalized spacial score (nSPS) is 37.2. The molecule has 0 aromatic rings. The molecule has 100 valence electrons. The van der Waals surface area contributed by atoms with Gasteiger partial charge in [0.05, 0.1) is 0 Å². The van der Waals surface area contributed by atoms with Crippen LogP contribution in [0, 0.1) is 5.41 Å². The molecule has 0 aromatic carbocycles. The summed E-state index contributed by atoms with van der Waals surface area (Å²) in [6, 6.07) is 1.38. The van der Waals surface area contributed by atoms with Crippen LogP contribution in [0.25, 0.3) is 0 Å². The molecule has 1 heterocycles. The largest absolute Gasteiger partial charge is 0.315 e. The highest BCUT2D eigenvalue weighted by molar-refractivity contribution is 5.02. The molecule has 0 spiro atoms. The Labute approximate surface area is 107 Å². The molecule has 1 aliphatic carbocycles. The Hall–Kier alpha value is -0.0800. The van der Waals surface area contributed by atoms with Crippen molar-refractivity contribution in [3.05, 3.63) is 0 Å². The molecule has 17 heavy (non-hydrogen) atoms. The summed E-state index contributed by atoms with van der Waals surface area (Å²) in [6.07, 6.45) is 6.87. The number of likely N-dealkylation sites (N-methyl/N-ethyl adjacent to an activating group) is 1. The third-order valence-electron chi connectivity index (χ3n) is 5.22. The lowest BCUT2D eigenvalue weighted by atomic mass is 9.70. The summed E-state index contributed by atoms with van der Waals surface area (Å²) in [4.78, 5) is 2.79. The third kappa shape index (κ3) is 2.39. The summed E-state index contributed by atoms with van der Waals surface area (Å²) in [6.45, 7) is 11.0. The minimum Gasteiger partial charge on any atom is -0.315 e. The van der Waals surface area contributed by atoms with Crippen LogP contribution < -0.4 is 5.32 Å². The molecule has 0 amide bonds. The minimum absolute atomic E-state index is 0.410. The molecule has 0 radical (unpaired) electrons. The predicted octanol–water partition coefficient (Wildman–Crippen LogP) is 3.03. The van der Waals surface area contributed by atoms with Crippen LogP contribution in [0.5, 0.6) is 0 Å². The fraction of sp³-hybridized carbons (Fsp3) is 1.00. The van der Waals surface area contributed by atoms with Crippen molar-refractivity contribution >= 4 is 0 Å². The van der Waals surface area contributed by atoms with E-state index in [4.69, 9.17) is 0 Å². The van der Waals surface area contributed by atoms with Gasteiger partial charge in [0.15, 0.2) is 0 Å². The highest BCUT2D eigenvalue weighted by atomic mass is 15.3. The van der Waals surface area contributed by atoms with E-state index >= 15 is 0 Å². The smallest absolute Gasteiger partial charge is 0.0271 e. The van der Waals surface area contributed by atoms with Crippen molar-refractivity contribution in [1.82, 2.24) is 10.2 Å². The fourth-order valence-corrected chi connectivity index (χ4v) is 4.27. The van der Waals surface area contributed by atoms with Crippen LogP contribution in [-0.4, -0.2) is 36.1 Å². The van der Waals surface area contributed by atoms with Gasteiger partial charge in [-0.05, 0) is 58.5 Å². The van der Waals surface area contributed by atoms with Crippen molar-refractivity contribution in [2.45, 2.75) is 77.4 Å². The van der Waals surface area contributed by atoms with Gasteiger partial charge in [-0.3, -0.25) is 4.90 Å². The molecule has 0 bridgehead atoms. The molecular formula is C15H30N2. The highest BCUT2D eigenvalue weighted by Gasteiger charge is 2.45. The average molecular weight is 238 g/mol. The first-order valence-electron chi connectivity index (χ1n) is 7.32. The molecule has 2 nitrogen and oxygen atoms in total. The molecule has 2 fully saturated rings. The predicted molar refractivity (Wildman–Crippen MR) is 74.3 cm³/mol. The Morgan fingerprint density at radius 3 is 2.29 bits per heavy atom. The van der Waals surface area contributed by atoms with E-state index in [1.54, 1.807) is 0 Å². The second-order valence-electron chi connectivity index (χ2n) is 7.32. The van der Waals surface area contributed by atoms with Crippen molar-refractivity contribution in [3.63, 3.8) is 0 Å². The zero-order valence-corrected chi connectivity index (χ0v) is 12.3. The van der Waals surface area contributed by atoms with E-state index in [0.717, 1.165) is 6.04 Å². The molecule has 2 heteroatoms. The number of rotatable bonds is 2. The second kappa shape index (κ2) is 4.55. The van der Waals surface area contributed by atoms with Gasteiger partial charge in [0, 0.05) is 17.6 Å². The summed E-state index contributed by atoms with van der Waals surface area (Å²) in [5.74, 6) is 0. The molecule has 1 saturated carbocycles. The summed E-state index contributed by atoms with van der Waals surface area (Å²) in [7, 11) is 2.15. The van der Waals surface area contributed by atoms with Crippen LogP contribution in [0.15, 0.2) is 0 Å². The Bertz CT molecular complexity index is 268. The monoisotopic (exact) mass is 238 g/mol. The first kappa shape index (κ1) is 13.4. The van der Waals surface area contributed by atoms with E-state index < -0.39 is 0 Å². The highest BCUT2D eigenvalue weighted by Crippen LogP contribution is 2.42. The number of nitrogens with zero attached hydrogens (tertiary/aromatic N) is 1. The fourth-order valence-electron chi connectivity index (χ4n) is 4.27. The van der Waals surface area contributed by atoms with Gasteiger partial charge < -0.3 is 5.32 Å². The maximum Gasteiger partial charge on any atom is 0.0271 e. The number of likely N-dealkylation sites (tertiary alicyclic amines) is 1. The van der Waals surface area contributed by atoms with Crippen molar-refractivity contribution in [3.8, 4) is 0 Å². The van der Waals surface area contributed by atoms with Crippen LogP contribution in [0.2, 0.25) is 0 Å². The van der Waals surface area contributed by atoms with E-state index in [9.17, 15) is 0 Å². The number of hydrogen-bond donors (Lipinski definition) is 1. The van der Waals surface area contributed by atoms with Gasteiger partial charge in [0.1, 0.15) is 0 Å². The molecule has 2 aliphatic rings. The lowest BCUT2D eigenvalue weighted by Crippen LogP contribution is -2.60. The lowest BCUT2D eigenvalue weighted by molar-refractivity contribution is 0.0182. The quantitative estimate of drug-likeness (QED) is 0.795. The zero-order valence-electron chi connectivity index (χ0n) is 12.3. The zero-order chi connectivity index (χ0) is 12.7. The summed E-state index contributed by atoms with van der Waals surface area (Å²) in [5.41, 5.74) is 0.851. The van der Waals surface area contributed by atoms with Gasteiger partial charge in [-0.1, -0.05) is 20.3 Å². The van der Waals surface area contributed by atoms with Gasteiger partial charge in [-0.25, -0.2) is 0 Å². The van der Waals surface area contributed by atoms with Crippen LogP contribution >= 0.6 is 0 Å². The van der Waals surface area contributed by atoms with Gasteiger partial charge >= 0.3 is 0 Å². The third-order valence-corrected chi connectivity index (χ3v) is 5.22. The van der Waals surface area contributed by atoms with Crippen molar-refractivity contribution in [1.29, 1.82) is 0 Å². The first-order valence-corrected chi connectivity index (χ1v) is 7.32. The van der Waals surface area contributed by atoms with E-state index in [-0.39, 0.29) is 0 Å². The molecule has 2 rings (SSSR count). The van der Waals surface area contributed by atoms with Crippen LogP contribution in [0.4, 0.5) is 0 Å². The Balaban J connectivity index is 2.19. The van der Waals surface area contributed by atoms with E-state index in [2.05, 4.69) is 45.0 Å². The minimum atomic E-state index is 0.410. The molecular weight excluding hydrogens is 208 g/mol. The summed E-state index contributed by atoms with van der Waals surface area (Å²) in [5, 5.41) is 3.62. The molecule has 1 aliphatic heterocycles. The number of hydrogen-bond acceptors (Lipinski definition) is 2. The Morgan fingerprint density at radius 1 is 1.06 bits per heavy atom. The van der Waals surface area contributed by atoms with Crippen molar-refractivity contribution in [2.75, 3.05) is 13.6 Å². The second-order valence-corrected chi connectivity index (χ2v) is 7.32. The Morgan fingerprint density at radius 2 is 1.76 bits per heavy atom.